The van der Waals surface area contributed by atoms with Crippen LogP contribution in [0.3, 0.4) is 0 Å². The second kappa shape index (κ2) is 5.55. The van der Waals surface area contributed by atoms with E-state index in [1.54, 1.807) is 11.6 Å². The van der Waals surface area contributed by atoms with Crippen molar-refractivity contribution in [3.05, 3.63) is 5.69 Å². The van der Waals surface area contributed by atoms with Crippen LogP contribution in [0.2, 0.25) is 0 Å². The molecule has 7 heteroatoms. The first-order valence-corrected chi connectivity index (χ1v) is 5.86. The molecule has 0 spiro atoms. The van der Waals surface area contributed by atoms with Gasteiger partial charge in [0, 0.05) is 6.04 Å². The molecule has 0 aliphatic rings. The van der Waals surface area contributed by atoms with Gasteiger partial charge >= 0.3 is 0 Å². The Balaban J connectivity index is 3.16. The van der Waals surface area contributed by atoms with Crippen LogP contribution >= 0.6 is 0 Å². The third kappa shape index (κ3) is 2.58. The van der Waals surface area contributed by atoms with Gasteiger partial charge in [0.05, 0.1) is 31.2 Å². The fourth-order valence-corrected chi connectivity index (χ4v) is 1.58. The molecule has 0 saturated heterocycles. The molecule has 0 aliphatic heterocycles. The molecule has 7 nitrogen and oxygen atoms in total. The van der Waals surface area contributed by atoms with E-state index in [4.69, 9.17) is 5.73 Å². The summed E-state index contributed by atoms with van der Waals surface area (Å²) in [5.41, 5.74) is 5.82. The Kier molecular flexibility index (Phi) is 4.55. The lowest BCUT2D eigenvalue weighted by molar-refractivity contribution is 0.0827. The smallest absolute Gasteiger partial charge is 0.148 e. The van der Waals surface area contributed by atoms with E-state index in [1.807, 2.05) is 13.8 Å². The first kappa shape index (κ1) is 14.7. The van der Waals surface area contributed by atoms with Crippen molar-refractivity contribution in [2.45, 2.75) is 32.4 Å². The number of nitrogens with one attached hydrogen (secondary N) is 1. The molecule has 0 fully saturated rings. The molecule has 0 bridgehead atoms. The number of nitrogen functional groups attached to an aromatic ring is 1. The van der Waals surface area contributed by atoms with Gasteiger partial charge in [-0.05, 0) is 20.8 Å². The number of anilines is 2. The zero-order valence-corrected chi connectivity index (χ0v) is 11.0. The molecule has 0 saturated carbocycles. The van der Waals surface area contributed by atoms with E-state index in [-0.39, 0.29) is 6.04 Å². The van der Waals surface area contributed by atoms with Gasteiger partial charge in [0.25, 0.3) is 0 Å². The third-order valence-electron chi connectivity index (χ3n) is 2.91. The maximum absolute atomic E-state index is 9.31. The Morgan fingerprint density at radius 1 is 1.28 bits per heavy atom. The summed E-state index contributed by atoms with van der Waals surface area (Å²) in [6, 6.07) is 0.0669. The topological polar surface area (TPSA) is 117 Å². The molecule has 0 amide bonds. The zero-order valence-electron chi connectivity index (χ0n) is 11.0. The number of rotatable bonds is 6. The minimum absolute atomic E-state index is 0.0669. The maximum Gasteiger partial charge on any atom is 0.148 e. The highest BCUT2D eigenvalue weighted by Gasteiger charge is 2.30. The van der Waals surface area contributed by atoms with E-state index in [0.717, 1.165) is 0 Å². The molecule has 1 aromatic rings. The summed E-state index contributed by atoms with van der Waals surface area (Å²) in [5, 5.41) is 35.1. The second-order valence-corrected chi connectivity index (χ2v) is 4.77. The Labute approximate surface area is 106 Å². The number of aliphatic hydroxyl groups excluding tert-OH is 3. The van der Waals surface area contributed by atoms with E-state index in [0.29, 0.717) is 17.2 Å². The molecule has 0 aliphatic carbocycles. The molecule has 104 valence electrons. The van der Waals surface area contributed by atoms with Gasteiger partial charge in [0.2, 0.25) is 0 Å². The average molecular weight is 258 g/mol. The average Bonchev–Trinajstić information content (AvgIpc) is 2.64. The number of nitrogens with zero attached hydrogens (tertiary/aromatic N) is 2. The van der Waals surface area contributed by atoms with Crippen molar-refractivity contribution in [2.24, 2.45) is 0 Å². The highest BCUT2D eigenvalue weighted by molar-refractivity contribution is 5.66. The minimum atomic E-state index is -1.22. The molecule has 0 aromatic carbocycles. The lowest BCUT2D eigenvalue weighted by Crippen LogP contribution is -2.50. The summed E-state index contributed by atoms with van der Waals surface area (Å²) in [6.45, 7) is 4.41. The highest BCUT2D eigenvalue weighted by atomic mass is 16.3. The van der Waals surface area contributed by atoms with Crippen molar-refractivity contribution in [1.29, 1.82) is 0 Å². The number of nitrogens with two attached hydrogens (primary N) is 1. The van der Waals surface area contributed by atoms with E-state index in [1.165, 1.54) is 0 Å². The standard InChI is InChI=1S/C11H22N4O3/c1-7(2)15-10(9(12)8(3)14-15)13-11(4-16,5-17)6-18/h7,13,16-18H,4-6,12H2,1-3H3. The van der Waals surface area contributed by atoms with Crippen LogP contribution in [0, 0.1) is 6.92 Å². The van der Waals surface area contributed by atoms with Crippen molar-refractivity contribution < 1.29 is 15.3 Å². The van der Waals surface area contributed by atoms with Crippen LogP contribution in [0.4, 0.5) is 11.5 Å². The van der Waals surface area contributed by atoms with Crippen LogP contribution in [-0.4, -0.2) is 50.5 Å². The maximum atomic E-state index is 9.31. The summed E-state index contributed by atoms with van der Waals surface area (Å²) < 4.78 is 1.67. The molecule has 1 aromatic heterocycles. The summed E-state index contributed by atoms with van der Waals surface area (Å²) in [6.07, 6.45) is 0. The Bertz CT molecular complexity index is 391. The number of hydrogen-bond acceptors (Lipinski definition) is 6. The molecule has 0 unspecified atom stereocenters. The van der Waals surface area contributed by atoms with Gasteiger partial charge in [-0.25, -0.2) is 4.68 Å². The Morgan fingerprint density at radius 2 is 1.78 bits per heavy atom. The highest BCUT2D eigenvalue weighted by Crippen LogP contribution is 2.28. The predicted molar refractivity (Wildman–Crippen MR) is 69.4 cm³/mol. The van der Waals surface area contributed by atoms with Crippen molar-refractivity contribution in [2.75, 3.05) is 30.9 Å². The zero-order chi connectivity index (χ0) is 13.9. The van der Waals surface area contributed by atoms with Crippen LogP contribution in [0.25, 0.3) is 0 Å². The van der Waals surface area contributed by atoms with E-state index in [2.05, 4.69) is 10.4 Å². The van der Waals surface area contributed by atoms with Gasteiger partial charge in [0.15, 0.2) is 0 Å². The van der Waals surface area contributed by atoms with Crippen molar-refractivity contribution in [3.63, 3.8) is 0 Å². The molecule has 0 radical (unpaired) electrons. The minimum Gasteiger partial charge on any atom is -0.394 e. The van der Waals surface area contributed by atoms with Crippen LogP contribution in [0.5, 0.6) is 0 Å². The van der Waals surface area contributed by atoms with E-state index >= 15 is 0 Å². The lowest BCUT2D eigenvalue weighted by Gasteiger charge is -2.30. The fourth-order valence-electron chi connectivity index (χ4n) is 1.58. The number of aryl methyl sites for hydroxylation is 1. The van der Waals surface area contributed by atoms with Crippen molar-refractivity contribution in [1.82, 2.24) is 9.78 Å². The van der Waals surface area contributed by atoms with Crippen LogP contribution in [0.1, 0.15) is 25.6 Å². The van der Waals surface area contributed by atoms with Crippen molar-refractivity contribution in [3.8, 4) is 0 Å². The summed E-state index contributed by atoms with van der Waals surface area (Å²) in [4.78, 5) is 0. The molecule has 18 heavy (non-hydrogen) atoms. The SMILES string of the molecule is Cc1nn(C(C)C)c(NC(CO)(CO)CO)c1N. The van der Waals surface area contributed by atoms with E-state index in [9.17, 15) is 15.3 Å². The first-order chi connectivity index (χ1) is 8.40. The van der Waals surface area contributed by atoms with Gasteiger partial charge in [-0.1, -0.05) is 0 Å². The van der Waals surface area contributed by atoms with Gasteiger partial charge in [-0.3, -0.25) is 0 Å². The third-order valence-corrected chi connectivity index (χ3v) is 2.91. The molecular formula is C11H22N4O3. The number of aromatic nitrogens is 2. The van der Waals surface area contributed by atoms with Gasteiger partial charge in [-0.15, -0.1) is 0 Å². The second-order valence-electron chi connectivity index (χ2n) is 4.77. The van der Waals surface area contributed by atoms with Crippen LogP contribution < -0.4 is 11.1 Å². The summed E-state index contributed by atoms with van der Waals surface area (Å²) >= 11 is 0. The lowest BCUT2D eigenvalue weighted by atomic mass is 10.0. The molecular weight excluding hydrogens is 236 g/mol. The molecule has 0 atom stereocenters. The van der Waals surface area contributed by atoms with Crippen LogP contribution in [0.15, 0.2) is 0 Å². The van der Waals surface area contributed by atoms with Crippen LogP contribution in [-0.2, 0) is 0 Å². The quantitative estimate of drug-likeness (QED) is 0.469. The van der Waals surface area contributed by atoms with Crippen molar-refractivity contribution >= 4 is 11.5 Å². The fraction of sp³-hybridized carbons (Fsp3) is 0.727. The normalized spacial score (nSPS) is 12.2. The monoisotopic (exact) mass is 258 g/mol. The molecule has 6 N–H and O–H groups in total. The predicted octanol–water partition coefficient (Wildman–Crippen LogP) is -0.518. The van der Waals surface area contributed by atoms with Gasteiger partial charge < -0.3 is 26.4 Å². The Morgan fingerprint density at radius 3 is 2.17 bits per heavy atom. The first-order valence-electron chi connectivity index (χ1n) is 5.86. The number of hydrogen-bond donors (Lipinski definition) is 5. The Hall–Kier alpha value is -1.31. The summed E-state index contributed by atoms with van der Waals surface area (Å²) in [5.74, 6) is 0.500. The number of aliphatic hydroxyl groups is 3. The largest absolute Gasteiger partial charge is 0.394 e. The van der Waals surface area contributed by atoms with Gasteiger partial charge in [0.1, 0.15) is 11.4 Å². The van der Waals surface area contributed by atoms with Gasteiger partial charge in [-0.2, -0.15) is 5.10 Å². The van der Waals surface area contributed by atoms with E-state index < -0.39 is 25.4 Å². The molecule has 1 rings (SSSR count). The summed E-state index contributed by atoms with van der Waals surface area (Å²) in [7, 11) is 0. The molecule has 1 heterocycles.